The molecule has 0 amide bonds. The van der Waals surface area contributed by atoms with Crippen molar-refractivity contribution < 1.29 is 13.5 Å². The van der Waals surface area contributed by atoms with Crippen molar-refractivity contribution in [3.8, 4) is 11.4 Å². The maximum atomic E-state index is 12.9. The average Bonchev–Trinajstić information content (AvgIpc) is 3.00. The largest absolute Gasteiger partial charge is 0.395 e. The molecule has 0 saturated heterocycles. The molecule has 0 aliphatic rings. The maximum Gasteiger partial charge on any atom is 0.243 e. The van der Waals surface area contributed by atoms with E-state index in [-0.39, 0.29) is 11.5 Å². The van der Waals surface area contributed by atoms with Crippen molar-refractivity contribution in [2.45, 2.75) is 39.1 Å². The lowest BCUT2D eigenvalue weighted by molar-refractivity contribution is 0.278. The Bertz CT molecular complexity index is 1080. The van der Waals surface area contributed by atoms with Gasteiger partial charge in [0.1, 0.15) is 5.82 Å². The summed E-state index contributed by atoms with van der Waals surface area (Å²) >= 11 is 0. The number of hydrogen-bond acceptors (Lipinski definition) is 4. The van der Waals surface area contributed by atoms with Gasteiger partial charge in [0.15, 0.2) is 0 Å². The number of fused-ring (bicyclic) bond motifs is 1. The summed E-state index contributed by atoms with van der Waals surface area (Å²) in [6, 6.07) is 11.2. The highest BCUT2D eigenvalue weighted by Crippen LogP contribution is 2.28. The number of aromatic nitrogens is 2. The smallest absolute Gasteiger partial charge is 0.243 e. The molecule has 7 heteroatoms. The van der Waals surface area contributed by atoms with Gasteiger partial charge in [-0.1, -0.05) is 31.0 Å². The molecule has 0 unspecified atom stereocenters. The second-order valence-corrected chi connectivity index (χ2v) is 8.86. The predicted octanol–water partition coefficient (Wildman–Crippen LogP) is 3.34. The first-order chi connectivity index (χ1) is 13.3. The van der Waals surface area contributed by atoms with E-state index in [0.717, 1.165) is 28.0 Å². The molecule has 0 saturated carbocycles. The van der Waals surface area contributed by atoms with Crippen LogP contribution in [0.3, 0.4) is 0 Å². The first kappa shape index (κ1) is 20.5. The van der Waals surface area contributed by atoms with Crippen molar-refractivity contribution in [3.05, 3.63) is 47.5 Å². The SMILES string of the molecule is CCN(CC)S(=O)(=O)c1ccc2c(c1)nc(-c1cc(C)cc(C)c1)n2CCO. The van der Waals surface area contributed by atoms with E-state index in [4.69, 9.17) is 4.98 Å². The fraction of sp³-hybridized carbons (Fsp3) is 0.381. The van der Waals surface area contributed by atoms with Crippen molar-refractivity contribution in [2.24, 2.45) is 0 Å². The molecular formula is C21H27N3O3S. The number of imidazole rings is 1. The number of aliphatic hydroxyl groups is 1. The van der Waals surface area contributed by atoms with Crippen molar-refractivity contribution >= 4 is 21.1 Å². The summed E-state index contributed by atoms with van der Waals surface area (Å²) in [7, 11) is -3.55. The van der Waals surface area contributed by atoms with Crippen LogP contribution in [0.4, 0.5) is 0 Å². The summed E-state index contributed by atoms with van der Waals surface area (Å²) in [4.78, 5) is 4.98. The van der Waals surface area contributed by atoms with Crippen LogP contribution in [-0.4, -0.2) is 47.1 Å². The third-order valence-corrected chi connectivity index (χ3v) is 6.91. The summed E-state index contributed by atoms with van der Waals surface area (Å²) in [6.07, 6.45) is 0. The molecule has 3 rings (SSSR count). The van der Waals surface area contributed by atoms with Gasteiger partial charge in [0, 0.05) is 25.2 Å². The first-order valence-electron chi connectivity index (χ1n) is 9.51. The van der Waals surface area contributed by atoms with Crippen LogP contribution in [0.5, 0.6) is 0 Å². The van der Waals surface area contributed by atoms with Gasteiger partial charge in [0.2, 0.25) is 10.0 Å². The molecule has 0 radical (unpaired) electrons. The number of aliphatic hydroxyl groups excluding tert-OH is 1. The Labute approximate surface area is 166 Å². The third-order valence-electron chi connectivity index (χ3n) is 4.87. The highest BCUT2D eigenvalue weighted by molar-refractivity contribution is 7.89. The van der Waals surface area contributed by atoms with Crippen LogP contribution in [0.25, 0.3) is 22.4 Å². The highest BCUT2D eigenvalue weighted by Gasteiger charge is 2.23. The van der Waals surface area contributed by atoms with E-state index in [1.807, 2.05) is 32.3 Å². The highest BCUT2D eigenvalue weighted by atomic mass is 32.2. The first-order valence-corrected chi connectivity index (χ1v) is 11.0. The Morgan fingerprint density at radius 2 is 1.68 bits per heavy atom. The maximum absolute atomic E-state index is 12.9. The Balaban J connectivity index is 2.20. The van der Waals surface area contributed by atoms with Crippen LogP contribution >= 0.6 is 0 Å². The van der Waals surface area contributed by atoms with Crippen LogP contribution in [0, 0.1) is 13.8 Å². The van der Waals surface area contributed by atoms with Crippen LogP contribution in [0.1, 0.15) is 25.0 Å². The molecule has 0 spiro atoms. The van der Waals surface area contributed by atoms with E-state index >= 15 is 0 Å². The van der Waals surface area contributed by atoms with Crippen LogP contribution in [-0.2, 0) is 16.6 Å². The quantitative estimate of drug-likeness (QED) is 0.659. The lowest BCUT2D eigenvalue weighted by Gasteiger charge is -2.18. The molecule has 0 atom stereocenters. The van der Waals surface area contributed by atoms with E-state index < -0.39 is 10.0 Å². The second kappa shape index (κ2) is 8.03. The molecule has 2 aromatic carbocycles. The lowest BCUT2D eigenvalue weighted by Crippen LogP contribution is -2.30. The molecule has 1 aromatic heterocycles. The van der Waals surface area contributed by atoms with Gasteiger partial charge >= 0.3 is 0 Å². The van der Waals surface area contributed by atoms with E-state index in [2.05, 4.69) is 18.2 Å². The van der Waals surface area contributed by atoms with Crippen LogP contribution in [0.15, 0.2) is 41.3 Å². The molecule has 0 bridgehead atoms. The topological polar surface area (TPSA) is 75.4 Å². The second-order valence-electron chi connectivity index (χ2n) is 6.93. The summed E-state index contributed by atoms with van der Waals surface area (Å²) in [5, 5.41) is 9.55. The number of sulfonamides is 1. The summed E-state index contributed by atoms with van der Waals surface area (Å²) in [5.74, 6) is 0.730. The summed E-state index contributed by atoms with van der Waals surface area (Å²) < 4.78 is 29.1. The number of aryl methyl sites for hydroxylation is 2. The molecule has 0 aliphatic heterocycles. The Hall–Kier alpha value is -2.22. The molecule has 0 fully saturated rings. The van der Waals surface area contributed by atoms with Gasteiger partial charge in [-0.25, -0.2) is 13.4 Å². The van der Waals surface area contributed by atoms with Crippen molar-refractivity contribution in [1.82, 2.24) is 13.9 Å². The van der Waals surface area contributed by atoms with Gasteiger partial charge in [-0.05, 0) is 44.2 Å². The van der Waals surface area contributed by atoms with Gasteiger partial charge in [-0.15, -0.1) is 0 Å². The minimum absolute atomic E-state index is 0.0250. The number of nitrogens with zero attached hydrogens (tertiary/aromatic N) is 3. The molecule has 6 nitrogen and oxygen atoms in total. The molecule has 0 aliphatic carbocycles. The number of benzene rings is 2. The molecule has 28 heavy (non-hydrogen) atoms. The van der Waals surface area contributed by atoms with E-state index in [1.54, 1.807) is 18.2 Å². The van der Waals surface area contributed by atoms with Crippen molar-refractivity contribution in [2.75, 3.05) is 19.7 Å². The van der Waals surface area contributed by atoms with E-state index in [1.165, 1.54) is 4.31 Å². The van der Waals surface area contributed by atoms with E-state index in [9.17, 15) is 13.5 Å². The zero-order valence-corrected chi connectivity index (χ0v) is 17.6. The van der Waals surface area contributed by atoms with Gasteiger partial charge < -0.3 is 9.67 Å². The molecular weight excluding hydrogens is 374 g/mol. The lowest BCUT2D eigenvalue weighted by atomic mass is 10.1. The minimum Gasteiger partial charge on any atom is -0.395 e. The third kappa shape index (κ3) is 3.70. The van der Waals surface area contributed by atoms with Gasteiger partial charge in [-0.3, -0.25) is 0 Å². The molecule has 1 N–H and O–H groups in total. The molecule has 150 valence electrons. The van der Waals surface area contributed by atoms with Crippen LogP contribution in [0.2, 0.25) is 0 Å². The number of hydrogen-bond donors (Lipinski definition) is 1. The fourth-order valence-corrected chi connectivity index (χ4v) is 5.11. The normalized spacial score (nSPS) is 12.2. The summed E-state index contributed by atoms with van der Waals surface area (Å²) in [5.41, 5.74) is 4.62. The van der Waals surface area contributed by atoms with Gasteiger partial charge in [-0.2, -0.15) is 4.31 Å². The standard InChI is InChI=1S/C21H27N3O3S/c1-5-23(6-2)28(26,27)18-7-8-20-19(14-18)22-21(24(20)9-10-25)17-12-15(3)11-16(4)13-17/h7-8,11-14,25H,5-6,9-10H2,1-4H3. The Morgan fingerprint density at radius 1 is 1.04 bits per heavy atom. The zero-order chi connectivity index (χ0) is 20.5. The van der Waals surface area contributed by atoms with Crippen molar-refractivity contribution in [1.29, 1.82) is 0 Å². The zero-order valence-electron chi connectivity index (χ0n) is 16.8. The Kier molecular flexibility index (Phi) is 5.88. The Morgan fingerprint density at radius 3 is 2.25 bits per heavy atom. The van der Waals surface area contributed by atoms with Crippen molar-refractivity contribution in [3.63, 3.8) is 0 Å². The number of rotatable bonds is 7. The predicted molar refractivity (Wildman–Crippen MR) is 112 cm³/mol. The molecule has 1 heterocycles. The van der Waals surface area contributed by atoms with Gasteiger partial charge in [0.05, 0.1) is 22.5 Å². The fourth-order valence-electron chi connectivity index (χ4n) is 3.63. The minimum atomic E-state index is -3.55. The van der Waals surface area contributed by atoms with Gasteiger partial charge in [0.25, 0.3) is 0 Å². The summed E-state index contributed by atoms with van der Waals surface area (Å²) in [6.45, 7) is 8.92. The molecule has 3 aromatic rings. The average molecular weight is 402 g/mol. The monoisotopic (exact) mass is 401 g/mol. The van der Waals surface area contributed by atoms with E-state index in [0.29, 0.717) is 25.2 Å². The van der Waals surface area contributed by atoms with Crippen LogP contribution < -0.4 is 0 Å².